The van der Waals surface area contributed by atoms with Crippen LogP contribution in [0, 0.1) is 6.92 Å². The van der Waals surface area contributed by atoms with Crippen LogP contribution in [-0.4, -0.2) is 23.7 Å². The minimum absolute atomic E-state index is 0.337. The zero-order valence-electron chi connectivity index (χ0n) is 12.3. The highest BCUT2D eigenvalue weighted by atomic mass is 32.2. The smallest absolute Gasteiger partial charge is 0.124 e. The lowest BCUT2D eigenvalue weighted by atomic mass is 10.1. The van der Waals surface area contributed by atoms with Gasteiger partial charge in [0.15, 0.2) is 0 Å². The van der Waals surface area contributed by atoms with Gasteiger partial charge in [-0.1, -0.05) is 23.9 Å². The average molecular weight is 297 g/mol. The molecule has 0 amide bonds. The molecule has 1 aromatic rings. The van der Waals surface area contributed by atoms with Crippen LogP contribution >= 0.6 is 23.5 Å². The Morgan fingerprint density at radius 3 is 2.63 bits per heavy atom. The van der Waals surface area contributed by atoms with Gasteiger partial charge >= 0.3 is 0 Å². The van der Waals surface area contributed by atoms with E-state index in [1.807, 2.05) is 13.1 Å². The summed E-state index contributed by atoms with van der Waals surface area (Å²) in [7, 11) is 1.88. The van der Waals surface area contributed by atoms with Gasteiger partial charge in [0.05, 0.1) is 5.69 Å². The molecule has 1 aromatic carbocycles. The maximum absolute atomic E-state index is 5.89. The minimum Gasteiger partial charge on any atom is -0.314 e. The minimum atomic E-state index is 0.337. The van der Waals surface area contributed by atoms with Crippen molar-refractivity contribution in [2.45, 2.75) is 32.6 Å². The summed E-state index contributed by atoms with van der Waals surface area (Å²) in [6, 6.07) is 6.56. The first-order chi connectivity index (χ1) is 8.95. The van der Waals surface area contributed by atoms with Gasteiger partial charge in [-0.25, -0.2) is 5.84 Å². The van der Waals surface area contributed by atoms with E-state index in [2.05, 4.69) is 44.2 Å². The number of hydrazine groups is 1. The molecule has 0 heterocycles. The highest BCUT2D eigenvalue weighted by Crippen LogP contribution is 2.28. The number of thioether (sulfide) groups is 2. The van der Waals surface area contributed by atoms with E-state index in [9.17, 15) is 0 Å². The van der Waals surface area contributed by atoms with Crippen LogP contribution < -0.4 is 10.9 Å². The van der Waals surface area contributed by atoms with Crippen LogP contribution in [0.15, 0.2) is 23.2 Å². The molecule has 0 aromatic heterocycles. The molecule has 0 saturated heterocycles. The van der Waals surface area contributed by atoms with E-state index in [1.54, 1.807) is 28.5 Å². The third-order valence-electron chi connectivity index (χ3n) is 2.64. The Balaban J connectivity index is 2.88. The number of nitrogens with zero attached hydrogens (tertiary/aromatic N) is 2. The summed E-state index contributed by atoms with van der Waals surface area (Å²) in [5, 5.41) is 1.68. The van der Waals surface area contributed by atoms with Gasteiger partial charge in [-0.2, -0.15) is 0 Å². The van der Waals surface area contributed by atoms with Gasteiger partial charge in [0.1, 0.15) is 4.38 Å². The number of hydrogen-bond donors (Lipinski definition) is 1. The molecule has 0 aliphatic heterocycles. The van der Waals surface area contributed by atoms with E-state index >= 15 is 0 Å². The average Bonchev–Trinajstić information content (AvgIpc) is 2.34. The lowest BCUT2D eigenvalue weighted by Gasteiger charge is -2.19. The summed E-state index contributed by atoms with van der Waals surface area (Å²) in [6.07, 6.45) is 2.07. The van der Waals surface area contributed by atoms with Crippen LogP contribution in [0.4, 0.5) is 5.69 Å². The first kappa shape index (κ1) is 16.4. The Bertz CT molecular complexity index is 442. The number of benzene rings is 1. The summed E-state index contributed by atoms with van der Waals surface area (Å²) in [6.45, 7) is 6.33. The van der Waals surface area contributed by atoms with E-state index in [1.165, 1.54) is 11.1 Å². The van der Waals surface area contributed by atoms with Gasteiger partial charge in [-0.15, -0.1) is 11.8 Å². The van der Waals surface area contributed by atoms with Crippen molar-refractivity contribution in [3.63, 3.8) is 0 Å². The fraction of sp³-hybridized carbons (Fsp3) is 0.500. The van der Waals surface area contributed by atoms with Crippen molar-refractivity contribution in [2.24, 2.45) is 10.8 Å². The lowest BCUT2D eigenvalue weighted by Crippen LogP contribution is -2.26. The van der Waals surface area contributed by atoms with Crippen LogP contribution in [0.5, 0.6) is 0 Å². The van der Waals surface area contributed by atoms with Crippen molar-refractivity contribution in [1.29, 1.82) is 0 Å². The van der Waals surface area contributed by atoms with Gasteiger partial charge < -0.3 is 5.01 Å². The number of aliphatic imine (C=N–C) groups is 1. The molecule has 1 rings (SSSR count). The van der Waals surface area contributed by atoms with Gasteiger partial charge in [0, 0.05) is 18.8 Å². The second-order valence-electron chi connectivity index (χ2n) is 4.67. The molecule has 0 aliphatic rings. The number of anilines is 1. The maximum atomic E-state index is 5.89. The second-order valence-corrected chi connectivity index (χ2v) is 6.68. The normalized spacial score (nSPS) is 12.1. The van der Waals surface area contributed by atoms with E-state index < -0.39 is 0 Å². The largest absolute Gasteiger partial charge is 0.314 e. The molecule has 0 saturated carbocycles. The van der Waals surface area contributed by atoms with Crippen LogP contribution in [0.3, 0.4) is 0 Å². The lowest BCUT2D eigenvalue weighted by molar-refractivity contribution is 0.842. The highest BCUT2D eigenvalue weighted by molar-refractivity contribution is 8.38. The predicted octanol–water partition coefficient (Wildman–Crippen LogP) is 3.67. The van der Waals surface area contributed by atoms with Crippen molar-refractivity contribution in [3.8, 4) is 0 Å². The molecule has 5 heteroatoms. The molecule has 0 fully saturated rings. The Morgan fingerprint density at radius 1 is 1.42 bits per heavy atom. The zero-order valence-corrected chi connectivity index (χ0v) is 13.9. The van der Waals surface area contributed by atoms with Crippen molar-refractivity contribution < 1.29 is 0 Å². The summed E-state index contributed by atoms with van der Waals surface area (Å²) < 4.78 is 1.13. The molecular weight excluding hydrogens is 274 g/mol. The summed E-state index contributed by atoms with van der Waals surface area (Å²) >= 11 is 3.49. The summed E-state index contributed by atoms with van der Waals surface area (Å²) in [5.41, 5.74) is 3.63. The number of rotatable bonds is 4. The number of hydrogen-bond acceptors (Lipinski definition) is 5. The molecule has 106 valence electrons. The second kappa shape index (κ2) is 7.82. The fourth-order valence-corrected chi connectivity index (χ4v) is 3.59. The molecule has 0 atom stereocenters. The molecule has 0 radical (unpaired) electrons. The Hall–Kier alpha value is -0.650. The van der Waals surface area contributed by atoms with E-state index in [-0.39, 0.29) is 0 Å². The molecule has 2 N–H and O–H groups in total. The zero-order chi connectivity index (χ0) is 14.4. The standard InChI is InChI=1S/C14H23N3S2/c1-10(2)16-14(18-5)19-9-12-11(3)7-6-8-13(12)17(4)15/h6-8,10H,9,15H2,1-5H3/b16-14-. The predicted molar refractivity (Wildman–Crippen MR) is 91.2 cm³/mol. The quantitative estimate of drug-likeness (QED) is 0.398. The van der Waals surface area contributed by atoms with Crippen molar-refractivity contribution in [1.82, 2.24) is 0 Å². The van der Waals surface area contributed by atoms with Crippen LogP contribution in [0.2, 0.25) is 0 Å². The van der Waals surface area contributed by atoms with Crippen LogP contribution in [0.25, 0.3) is 0 Å². The third kappa shape index (κ3) is 5.09. The summed E-state index contributed by atoms with van der Waals surface area (Å²) in [5.74, 6) is 6.79. The molecule has 3 nitrogen and oxygen atoms in total. The van der Waals surface area contributed by atoms with E-state index in [4.69, 9.17) is 5.84 Å². The first-order valence-corrected chi connectivity index (χ1v) is 8.48. The molecule has 19 heavy (non-hydrogen) atoms. The van der Waals surface area contributed by atoms with Gasteiger partial charge in [0.25, 0.3) is 0 Å². The fourth-order valence-electron chi connectivity index (χ4n) is 1.70. The number of aryl methyl sites for hydroxylation is 1. The van der Waals surface area contributed by atoms with E-state index in [0.717, 1.165) is 15.8 Å². The van der Waals surface area contributed by atoms with Gasteiger partial charge in [-0.3, -0.25) is 4.99 Å². The van der Waals surface area contributed by atoms with Crippen LogP contribution in [0.1, 0.15) is 25.0 Å². The Labute approximate surface area is 125 Å². The Morgan fingerprint density at radius 2 is 2.11 bits per heavy atom. The van der Waals surface area contributed by atoms with Crippen molar-refractivity contribution in [2.75, 3.05) is 18.3 Å². The molecular formula is C14H23N3S2. The topological polar surface area (TPSA) is 41.6 Å². The number of nitrogens with two attached hydrogens (primary N) is 1. The van der Waals surface area contributed by atoms with Gasteiger partial charge in [0.2, 0.25) is 0 Å². The monoisotopic (exact) mass is 297 g/mol. The SMILES string of the molecule is CS/C(=N/C(C)C)SCc1c(C)cccc1N(C)N. The third-order valence-corrected chi connectivity index (χ3v) is 4.74. The maximum Gasteiger partial charge on any atom is 0.124 e. The first-order valence-electron chi connectivity index (χ1n) is 6.27. The summed E-state index contributed by atoms with van der Waals surface area (Å²) in [4.78, 5) is 4.61. The molecule has 0 spiro atoms. The van der Waals surface area contributed by atoms with Crippen molar-refractivity contribution >= 4 is 33.6 Å². The van der Waals surface area contributed by atoms with Crippen LogP contribution in [-0.2, 0) is 5.75 Å². The Kier molecular flexibility index (Phi) is 6.75. The molecule has 0 bridgehead atoms. The van der Waals surface area contributed by atoms with Crippen molar-refractivity contribution in [3.05, 3.63) is 29.3 Å². The van der Waals surface area contributed by atoms with Gasteiger partial charge in [-0.05, 0) is 44.2 Å². The molecule has 0 aliphatic carbocycles. The highest BCUT2D eigenvalue weighted by Gasteiger charge is 2.09. The molecule has 0 unspecified atom stereocenters. The van der Waals surface area contributed by atoms with E-state index in [0.29, 0.717) is 6.04 Å².